The van der Waals surface area contributed by atoms with Gasteiger partial charge in [-0.15, -0.1) is 0 Å². The maximum atomic E-state index is 12.1. The van der Waals surface area contributed by atoms with Crippen molar-refractivity contribution in [3.05, 3.63) is 96.6 Å². The molecule has 34 heavy (non-hydrogen) atoms. The number of rotatable bonds is 11. The Labute approximate surface area is 202 Å². The summed E-state index contributed by atoms with van der Waals surface area (Å²) in [5.74, 6) is -1.53. The van der Waals surface area contributed by atoms with E-state index in [-0.39, 0.29) is 18.3 Å². The van der Waals surface area contributed by atoms with Crippen molar-refractivity contribution in [3.8, 4) is 0 Å². The molecule has 0 N–H and O–H groups in total. The van der Waals surface area contributed by atoms with E-state index < -0.39 is 20.1 Å². The summed E-state index contributed by atoms with van der Waals surface area (Å²) in [5.41, 5.74) is 0.312. The van der Waals surface area contributed by atoms with Crippen LogP contribution in [0.5, 0.6) is 0 Å². The maximum Gasteiger partial charge on any atom is 0.379 e. The molecule has 6 heteroatoms. The van der Waals surface area contributed by atoms with E-state index in [0.717, 1.165) is 0 Å². The summed E-state index contributed by atoms with van der Waals surface area (Å²) in [6.45, 7) is 7.64. The first-order chi connectivity index (χ1) is 16.4. The Balaban J connectivity index is 1.56. The molecule has 0 saturated heterocycles. The van der Waals surface area contributed by atoms with Crippen LogP contribution in [-0.4, -0.2) is 46.5 Å². The SMILES string of the molecule is CC(C)(C)[Si](OCCOCCOC(=O)C(=O)c1ccccc1)(c1ccccc1)c1ccccc1. The zero-order chi connectivity index (χ0) is 24.4. The van der Waals surface area contributed by atoms with Gasteiger partial charge in [0.25, 0.3) is 14.1 Å². The van der Waals surface area contributed by atoms with E-state index in [1.54, 1.807) is 30.3 Å². The molecule has 0 amide bonds. The molecule has 0 aliphatic carbocycles. The first-order valence-electron chi connectivity index (χ1n) is 11.5. The summed E-state index contributed by atoms with van der Waals surface area (Å²) in [5, 5.41) is 2.31. The Morgan fingerprint density at radius 2 is 1.15 bits per heavy atom. The standard InChI is InChI=1S/C28H32O5Si/c1-28(2,3)34(24-15-9-5-10-16-24,25-17-11-6-12-18-25)33-22-20-31-19-21-32-27(30)26(29)23-13-7-4-8-14-23/h4-18H,19-22H2,1-3H3. The van der Waals surface area contributed by atoms with Gasteiger partial charge in [-0.2, -0.15) is 0 Å². The molecule has 3 rings (SSSR count). The Bertz CT molecular complexity index is 1010. The fourth-order valence-corrected chi connectivity index (χ4v) is 8.63. The first kappa shape index (κ1) is 25.6. The highest BCUT2D eigenvalue weighted by Gasteiger charge is 2.49. The van der Waals surface area contributed by atoms with E-state index in [9.17, 15) is 9.59 Å². The van der Waals surface area contributed by atoms with Crippen molar-refractivity contribution in [3.63, 3.8) is 0 Å². The van der Waals surface area contributed by atoms with Gasteiger partial charge in [-0.1, -0.05) is 112 Å². The molecular weight excluding hydrogens is 444 g/mol. The lowest BCUT2D eigenvalue weighted by Crippen LogP contribution is -2.66. The molecule has 0 unspecified atom stereocenters. The van der Waals surface area contributed by atoms with Crippen molar-refractivity contribution in [2.75, 3.05) is 26.4 Å². The minimum absolute atomic E-state index is 0.0105. The van der Waals surface area contributed by atoms with Crippen LogP contribution in [0.3, 0.4) is 0 Å². The average Bonchev–Trinajstić information content (AvgIpc) is 2.86. The van der Waals surface area contributed by atoms with Crippen molar-refractivity contribution in [2.45, 2.75) is 25.8 Å². The van der Waals surface area contributed by atoms with E-state index in [1.165, 1.54) is 10.4 Å². The van der Waals surface area contributed by atoms with Crippen LogP contribution in [0.15, 0.2) is 91.0 Å². The first-order valence-corrected chi connectivity index (χ1v) is 13.4. The van der Waals surface area contributed by atoms with Crippen molar-refractivity contribution in [1.82, 2.24) is 0 Å². The van der Waals surface area contributed by atoms with E-state index in [1.807, 2.05) is 12.1 Å². The molecular formula is C28H32O5Si. The highest BCUT2D eigenvalue weighted by Crippen LogP contribution is 2.36. The molecule has 3 aromatic carbocycles. The zero-order valence-electron chi connectivity index (χ0n) is 20.0. The van der Waals surface area contributed by atoms with Gasteiger partial charge in [0.2, 0.25) is 0 Å². The normalized spacial score (nSPS) is 11.7. The largest absolute Gasteiger partial charge is 0.457 e. The van der Waals surface area contributed by atoms with Crippen molar-refractivity contribution >= 4 is 30.4 Å². The fourth-order valence-electron chi connectivity index (χ4n) is 4.08. The van der Waals surface area contributed by atoms with Gasteiger partial charge in [-0.25, -0.2) is 4.79 Å². The quantitative estimate of drug-likeness (QED) is 0.138. The second-order valence-corrected chi connectivity index (χ2v) is 13.3. The van der Waals surface area contributed by atoms with Crippen molar-refractivity contribution in [2.24, 2.45) is 0 Å². The van der Waals surface area contributed by atoms with Gasteiger partial charge in [0, 0.05) is 5.56 Å². The minimum Gasteiger partial charge on any atom is -0.457 e. The highest BCUT2D eigenvalue weighted by molar-refractivity contribution is 6.99. The molecule has 5 nitrogen and oxygen atoms in total. The van der Waals surface area contributed by atoms with Gasteiger partial charge < -0.3 is 13.9 Å². The Morgan fingerprint density at radius 1 is 0.676 bits per heavy atom. The van der Waals surface area contributed by atoms with E-state index in [2.05, 4.69) is 69.3 Å². The predicted molar refractivity (Wildman–Crippen MR) is 136 cm³/mol. The molecule has 0 heterocycles. The average molecular weight is 477 g/mol. The molecule has 3 aromatic rings. The smallest absolute Gasteiger partial charge is 0.379 e. The minimum atomic E-state index is -2.60. The molecule has 0 fully saturated rings. The van der Waals surface area contributed by atoms with Crippen LogP contribution >= 0.6 is 0 Å². The van der Waals surface area contributed by atoms with Gasteiger partial charge in [-0.3, -0.25) is 4.79 Å². The number of ketones is 1. The van der Waals surface area contributed by atoms with Gasteiger partial charge in [0.05, 0.1) is 19.8 Å². The van der Waals surface area contributed by atoms with Crippen LogP contribution in [0.1, 0.15) is 31.1 Å². The lowest BCUT2D eigenvalue weighted by atomic mass is 10.1. The molecule has 0 aliphatic rings. The monoisotopic (exact) mass is 476 g/mol. The zero-order valence-corrected chi connectivity index (χ0v) is 21.0. The van der Waals surface area contributed by atoms with Crippen LogP contribution in [0.4, 0.5) is 0 Å². The number of hydrogen-bond acceptors (Lipinski definition) is 5. The number of hydrogen-bond donors (Lipinski definition) is 0. The summed E-state index contributed by atoms with van der Waals surface area (Å²) in [4.78, 5) is 24.0. The summed E-state index contributed by atoms with van der Waals surface area (Å²) in [6.07, 6.45) is 0. The third-order valence-electron chi connectivity index (χ3n) is 5.65. The number of carbonyl (C=O) groups excluding carboxylic acids is 2. The fraction of sp³-hybridized carbons (Fsp3) is 0.286. The van der Waals surface area contributed by atoms with Gasteiger partial charge in [-0.05, 0) is 15.4 Å². The topological polar surface area (TPSA) is 61.8 Å². The van der Waals surface area contributed by atoms with Crippen molar-refractivity contribution in [1.29, 1.82) is 0 Å². The third-order valence-corrected chi connectivity index (χ3v) is 10.7. The summed E-state index contributed by atoms with van der Waals surface area (Å²) >= 11 is 0. The highest BCUT2D eigenvalue weighted by atomic mass is 28.4. The molecule has 0 atom stereocenters. The molecule has 0 aliphatic heterocycles. The Morgan fingerprint density at radius 3 is 1.65 bits per heavy atom. The number of esters is 1. The molecule has 0 aromatic heterocycles. The van der Waals surface area contributed by atoms with Crippen LogP contribution < -0.4 is 10.4 Å². The molecule has 0 spiro atoms. The summed E-state index contributed by atoms with van der Waals surface area (Å²) in [7, 11) is -2.60. The predicted octanol–water partition coefficient (Wildman–Crippen LogP) is 4.01. The summed E-state index contributed by atoms with van der Waals surface area (Å²) in [6, 6.07) is 29.2. The second-order valence-electron chi connectivity index (χ2n) is 8.96. The number of Topliss-reactive ketones (excluding diaryl/α,β-unsaturated/α-hetero) is 1. The van der Waals surface area contributed by atoms with Gasteiger partial charge >= 0.3 is 5.97 Å². The van der Waals surface area contributed by atoms with Gasteiger partial charge in [0.1, 0.15) is 6.61 Å². The summed E-state index contributed by atoms with van der Waals surface area (Å²) < 4.78 is 17.5. The van der Waals surface area contributed by atoms with Gasteiger partial charge in [0.15, 0.2) is 0 Å². The number of carbonyl (C=O) groups is 2. The lowest BCUT2D eigenvalue weighted by Gasteiger charge is -2.43. The van der Waals surface area contributed by atoms with Crippen LogP contribution in [0, 0.1) is 0 Å². The Hall–Kier alpha value is -3.06. The second kappa shape index (κ2) is 11.9. The van der Waals surface area contributed by atoms with E-state index in [0.29, 0.717) is 18.8 Å². The molecule has 178 valence electrons. The molecule has 0 radical (unpaired) electrons. The van der Waals surface area contributed by atoms with Crippen LogP contribution in [-0.2, 0) is 18.7 Å². The van der Waals surface area contributed by atoms with Crippen LogP contribution in [0.25, 0.3) is 0 Å². The van der Waals surface area contributed by atoms with E-state index in [4.69, 9.17) is 13.9 Å². The van der Waals surface area contributed by atoms with Crippen molar-refractivity contribution < 1.29 is 23.5 Å². The lowest BCUT2D eigenvalue weighted by molar-refractivity contribution is -0.139. The van der Waals surface area contributed by atoms with Crippen LogP contribution in [0.2, 0.25) is 5.04 Å². The number of ether oxygens (including phenoxy) is 2. The Kier molecular flexibility index (Phi) is 8.93. The molecule has 0 saturated carbocycles. The third kappa shape index (κ3) is 6.08. The number of benzene rings is 3. The molecule has 0 bridgehead atoms. The van der Waals surface area contributed by atoms with E-state index >= 15 is 0 Å². The maximum absolute atomic E-state index is 12.1.